The van der Waals surface area contributed by atoms with Crippen LogP contribution in [-0.2, 0) is 34.8 Å². The maximum Gasteiger partial charge on any atom is 0.341 e. The molecule has 4 aromatic heterocycles. The summed E-state index contributed by atoms with van der Waals surface area (Å²) >= 11 is 1.39. The molecule has 9 N–H and O–H groups in total. The monoisotopic (exact) mass is 826 g/mol. The van der Waals surface area contributed by atoms with Crippen molar-refractivity contribution in [1.29, 1.82) is 0 Å². The summed E-state index contributed by atoms with van der Waals surface area (Å²) in [6, 6.07) is -0.310. The van der Waals surface area contributed by atoms with Crippen molar-refractivity contribution in [2.75, 3.05) is 38.0 Å². The summed E-state index contributed by atoms with van der Waals surface area (Å²) in [4.78, 5) is 93.8. The Morgan fingerprint density at radius 1 is 0.929 bits per heavy atom. The van der Waals surface area contributed by atoms with Gasteiger partial charge in [-0.05, 0) is 23.6 Å². The molecule has 7 heterocycles. The van der Waals surface area contributed by atoms with E-state index in [1.54, 1.807) is 27.2 Å². The number of thioether (sulfide) groups is 1. The van der Waals surface area contributed by atoms with Crippen LogP contribution in [0.15, 0.2) is 26.4 Å². The molecule has 2 atom stereocenters. The maximum atomic E-state index is 10.5. The number of ketones is 1. The van der Waals surface area contributed by atoms with Crippen LogP contribution >= 0.6 is 11.8 Å². The first-order chi connectivity index (χ1) is 26.4. The van der Waals surface area contributed by atoms with E-state index in [9.17, 15) is 42.6 Å². The SMILES string of the molecule is CC(=O)Nc1nn[nH]n1.CC(=O)c1nn[nH]n1.CC1=NCC(=O)N1.CC1CC(=O)NC1=O.CN1CC(=O)NC1=O.CS(=O)c1ncn[nH]1.CSc1n[nH]c(=O)[nH]1. The van der Waals surface area contributed by atoms with Crippen LogP contribution < -0.4 is 27.0 Å². The Labute approximate surface area is 321 Å². The number of nitrogens with one attached hydrogen (secondary N) is 9. The van der Waals surface area contributed by atoms with Gasteiger partial charge in [0.2, 0.25) is 46.3 Å². The second-order valence-corrected chi connectivity index (χ2v) is 12.4. The number of urea groups is 1. The lowest BCUT2D eigenvalue weighted by atomic mass is 10.1. The van der Waals surface area contributed by atoms with E-state index in [4.69, 9.17) is 0 Å². The number of H-pyrrole nitrogens is 5. The Balaban J connectivity index is 0.000000327. The summed E-state index contributed by atoms with van der Waals surface area (Å²) in [6.45, 7) is 6.76. The molecule has 2 saturated heterocycles. The summed E-state index contributed by atoms with van der Waals surface area (Å²) in [5.41, 5.74) is -0.255. The van der Waals surface area contributed by atoms with Crippen molar-refractivity contribution >= 4 is 75.7 Å². The van der Waals surface area contributed by atoms with Crippen molar-refractivity contribution in [3.05, 3.63) is 22.6 Å². The Morgan fingerprint density at radius 3 is 1.84 bits per heavy atom. The van der Waals surface area contributed by atoms with Gasteiger partial charge < -0.3 is 10.2 Å². The molecule has 0 saturated carbocycles. The first-order valence-electron chi connectivity index (χ1n) is 15.2. The number of amidine groups is 1. The van der Waals surface area contributed by atoms with Crippen molar-refractivity contribution < 1.29 is 37.8 Å². The lowest BCUT2D eigenvalue weighted by Gasteiger charge is -1.99. The van der Waals surface area contributed by atoms with E-state index in [2.05, 4.69) is 97.9 Å². The number of hydrogen-bond donors (Lipinski definition) is 9. The molecule has 2 unspecified atom stereocenters. The van der Waals surface area contributed by atoms with Gasteiger partial charge in [-0.25, -0.2) is 19.7 Å². The highest BCUT2D eigenvalue weighted by molar-refractivity contribution is 7.98. The number of Topliss-reactive ketones (excluding diaryl/α,β-unsaturated/α-hetero) is 1. The molecule has 29 nitrogen and oxygen atoms in total. The van der Waals surface area contributed by atoms with Crippen LogP contribution in [0.4, 0.5) is 10.7 Å². The first kappa shape index (κ1) is 47.1. The van der Waals surface area contributed by atoms with Gasteiger partial charge in [-0.15, -0.1) is 20.4 Å². The minimum absolute atomic E-state index is 0.00231. The zero-order chi connectivity index (χ0) is 42.2. The fourth-order valence-electron chi connectivity index (χ4n) is 3.06. The van der Waals surface area contributed by atoms with Crippen molar-refractivity contribution in [2.45, 2.75) is 44.4 Å². The van der Waals surface area contributed by atoms with Gasteiger partial charge in [-0.3, -0.25) is 64.0 Å². The van der Waals surface area contributed by atoms with Crippen molar-refractivity contribution in [2.24, 2.45) is 10.9 Å². The van der Waals surface area contributed by atoms with Crippen LogP contribution in [0.1, 0.15) is 44.7 Å². The fraction of sp³-hybridized carbons (Fsp3) is 0.440. The van der Waals surface area contributed by atoms with Crippen molar-refractivity contribution in [3.8, 4) is 0 Å². The summed E-state index contributed by atoms with van der Waals surface area (Å²) in [7, 11) is 0.543. The number of nitrogens with zero attached hydrogens (tertiary/aromatic N) is 11. The number of hydrogen-bond acceptors (Lipinski definition) is 20. The predicted molar refractivity (Wildman–Crippen MR) is 192 cm³/mol. The molecule has 0 spiro atoms. The molecule has 4 aromatic rings. The van der Waals surface area contributed by atoms with Gasteiger partial charge in [0.25, 0.3) is 5.95 Å². The molecule has 0 bridgehead atoms. The average Bonchev–Trinajstić information content (AvgIpc) is 3.98. The number of rotatable bonds is 4. The van der Waals surface area contributed by atoms with E-state index in [0.29, 0.717) is 23.3 Å². The van der Waals surface area contributed by atoms with Crippen LogP contribution in [0.25, 0.3) is 0 Å². The zero-order valence-electron chi connectivity index (χ0n) is 30.7. The number of aliphatic imine (C=N–C) groups is 1. The number of amides is 7. The van der Waals surface area contributed by atoms with Gasteiger partial charge in [0.05, 0.1) is 10.8 Å². The lowest BCUT2D eigenvalue weighted by molar-refractivity contribution is -0.126. The Kier molecular flexibility index (Phi) is 21.2. The molecule has 7 rings (SSSR count). The number of likely N-dealkylation sites (N-methyl/N-ethyl adjacent to an activating group) is 1. The summed E-state index contributed by atoms with van der Waals surface area (Å²) in [5.74, 6) is 0.0302. The smallest absolute Gasteiger partial charge is 0.318 e. The number of aromatic amines is 5. The molecule has 0 aromatic carbocycles. The van der Waals surface area contributed by atoms with E-state index in [-0.39, 0.29) is 71.3 Å². The molecule has 3 aliphatic rings. The summed E-state index contributed by atoms with van der Waals surface area (Å²) in [6.07, 6.45) is 5.07. The van der Waals surface area contributed by atoms with Crippen LogP contribution in [0.2, 0.25) is 0 Å². The van der Waals surface area contributed by atoms with E-state index < -0.39 is 10.8 Å². The molecular formula is C25H38N20O9S2. The van der Waals surface area contributed by atoms with Gasteiger partial charge in [0.1, 0.15) is 25.3 Å². The molecular weight excluding hydrogens is 789 g/mol. The summed E-state index contributed by atoms with van der Waals surface area (Å²) < 4.78 is 10.5. The molecule has 0 aliphatic carbocycles. The number of anilines is 1. The number of imide groups is 2. The average molecular weight is 827 g/mol. The fourth-order valence-corrected chi connectivity index (χ4v) is 3.77. The van der Waals surface area contributed by atoms with E-state index in [0.717, 1.165) is 5.84 Å². The van der Waals surface area contributed by atoms with E-state index >= 15 is 0 Å². The maximum absolute atomic E-state index is 10.5. The molecule has 304 valence electrons. The van der Waals surface area contributed by atoms with Crippen molar-refractivity contribution in [3.63, 3.8) is 0 Å². The molecule has 56 heavy (non-hydrogen) atoms. The number of tetrazole rings is 2. The topological polar surface area (TPSA) is 412 Å². The minimum Gasteiger partial charge on any atom is -0.318 e. The number of carbonyl (C=O) groups excluding carboxylic acids is 7. The standard InChI is InChI=1S/C5H7NO2.C4H6N2O2.C4H6N2O.C3H5N5O.C3H4N4O.2C3H5N3OS/c1-3-2-4(7)6-5(3)8;1-6-2-3(7)5-4(6)8;1-3-5-2-4(7)6-3;1-2(9)4-3-5-7-8-6-3;1-2(8)3-4-6-7-5-3;1-8(7)3-4-2-5-6-3;1-8-3-4-2(7)5-6-3/h3H,2H2,1H3,(H,6,7,8);2H2,1H3,(H,5,7,8);2H2,1H3,(H,5,6,7);1H3,(H2,4,5,6,7,8,9);1H3,(H,4,5,6,7);2H,1H3,(H,4,5,6);1H3,(H2,4,5,6,7). The highest BCUT2D eigenvalue weighted by Gasteiger charge is 2.25. The Hall–Kier alpha value is -6.92. The second-order valence-electron chi connectivity index (χ2n) is 10.3. The van der Waals surface area contributed by atoms with Gasteiger partial charge >= 0.3 is 11.7 Å². The molecule has 7 amide bonds. The molecule has 3 aliphatic heterocycles. The predicted octanol–water partition coefficient (Wildman–Crippen LogP) is -3.71. The molecule has 31 heteroatoms. The highest BCUT2D eigenvalue weighted by atomic mass is 32.2. The molecule has 0 radical (unpaired) electrons. The largest absolute Gasteiger partial charge is 0.341 e. The minimum atomic E-state index is -1.03. The van der Waals surface area contributed by atoms with E-state index in [1.165, 1.54) is 36.8 Å². The first-order valence-corrected chi connectivity index (χ1v) is 18.0. The quantitative estimate of drug-likeness (QED) is 0.0413. The zero-order valence-corrected chi connectivity index (χ0v) is 32.3. The van der Waals surface area contributed by atoms with Gasteiger partial charge in [0.15, 0.2) is 5.16 Å². The van der Waals surface area contributed by atoms with Gasteiger partial charge in [0, 0.05) is 39.5 Å². The number of aromatic nitrogens is 14. The third kappa shape index (κ3) is 20.4. The molecule has 2 fully saturated rings. The lowest BCUT2D eigenvalue weighted by Crippen LogP contribution is -2.24. The second kappa shape index (κ2) is 25.2. The highest BCUT2D eigenvalue weighted by Crippen LogP contribution is 2.07. The summed E-state index contributed by atoms with van der Waals surface area (Å²) in [5, 5.41) is 46.6. The van der Waals surface area contributed by atoms with Crippen LogP contribution in [0.3, 0.4) is 0 Å². The van der Waals surface area contributed by atoms with Crippen LogP contribution in [-0.4, -0.2) is 161 Å². The van der Waals surface area contributed by atoms with Crippen LogP contribution in [0.5, 0.6) is 0 Å². The third-order valence-corrected chi connectivity index (χ3v) is 6.91. The number of carbonyl (C=O) groups is 7. The van der Waals surface area contributed by atoms with Gasteiger partial charge in [-0.2, -0.15) is 15.5 Å². The van der Waals surface area contributed by atoms with Crippen LogP contribution in [0, 0.1) is 5.92 Å². The van der Waals surface area contributed by atoms with Gasteiger partial charge in [-0.1, -0.05) is 23.8 Å². The normalized spacial score (nSPS) is 15.3. The third-order valence-electron chi connectivity index (χ3n) is 5.59. The van der Waals surface area contributed by atoms with Crippen molar-refractivity contribution in [1.82, 2.24) is 92.5 Å². The Bertz CT molecular complexity index is 1900. The van der Waals surface area contributed by atoms with E-state index in [1.807, 2.05) is 6.26 Å². The Morgan fingerprint density at radius 2 is 1.61 bits per heavy atom.